The molecule has 1 unspecified atom stereocenters. The van der Waals surface area contributed by atoms with E-state index >= 15 is 0 Å². The van der Waals surface area contributed by atoms with Crippen molar-refractivity contribution in [2.45, 2.75) is 25.5 Å². The number of ketones is 1. The Labute approximate surface area is 165 Å². The number of rotatable bonds is 5. The van der Waals surface area contributed by atoms with Gasteiger partial charge in [0.2, 0.25) is 0 Å². The Hall–Kier alpha value is -2.23. The van der Waals surface area contributed by atoms with Crippen LogP contribution in [-0.2, 0) is 10.5 Å². The van der Waals surface area contributed by atoms with E-state index in [0.29, 0.717) is 22.7 Å². The van der Waals surface area contributed by atoms with Crippen molar-refractivity contribution in [2.24, 2.45) is 0 Å². The first kappa shape index (κ1) is 18.6. The summed E-state index contributed by atoms with van der Waals surface area (Å²) in [6.07, 6.45) is 1.56. The van der Waals surface area contributed by atoms with Crippen LogP contribution in [0.5, 0.6) is 0 Å². The van der Waals surface area contributed by atoms with Gasteiger partial charge in [-0.25, -0.2) is 0 Å². The van der Waals surface area contributed by atoms with Gasteiger partial charge in [-0.3, -0.25) is 4.79 Å². The molecular weight excluding hydrogens is 412 g/mol. The summed E-state index contributed by atoms with van der Waals surface area (Å²) in [6.45, 7) is 3.38. The molecule has 6 heteroatoms. The molecular formula is C20H17BrN2O2S. The largest absolute Gasteiger partial charge is 0.468 e. The minimum absolute atomic E-state index is 0.0684. The molecule has 26 heavy (non-hydrogen) atoms. The number of benzene rings is 1. The summed E-state index contributed by atoms with van der Waals surface area (Å²) >= 11 is 4.98. The third-order valence-corrected chi connectivity index (χ3v) is 5.77. The Bertz CT molecular complexity index is 922. The second-order valence-corrected chi connectivity index (χ2v) is 7.84. The standard InChI is InChI=1S/C20H17BrN2O2S/c1-12-18(13(2)24)19(17-4-3-9-25-17)16(10-22)20(23-12)26-11-14-5-7-15(21)8-6-14/h3-9,19,23H,11H2,1-2H3. The maximum absolute atomic E-state index is 12.2. The quantitative estimate of drug-likeness (QED) is 0.703. The van der Waals surface area contributed by atoms with Gasteiger partial charge in [0.1, 0.15) is 5.76 Å². The van der Waals surface area contributed by atoms with E-state index in [2.05, 4.69) is 27.3 Å². The van der Waals surface area contributed by atoms with E-state index in [4.69, 9.17) is 4.42 Å². The number of hydrogen-bond acceptors (Lipinski definition) is 5. The number of carbonyl (C=O) groups excluding carboxylic acids is 1. The summed E-state index contributed by atoms with van der Waals surface area (Å²) in [5, 5.41) is 13.8. The van der Waals surface area contributed by atoms with Crippen molar-refractivity contribution in [1.82, 2.24) is 5.32 Å². The van der Waals surface area contributed by atoms with Crippen LogP contribution in [0.1, 0.15) is 31.1 Å². The lowest BCUT2D eigenvalue weighted by atomic mass is 9.84. The number of furan rings is 1. The fraction of sp³-hybridized carbons (Fsp3) is 0.200. The number of nitrogens with zero attached hydrogens (tertiary/aromatic N) is 1. The van der Waals surface area contributed by atoms with E-state index in [1.165, 1.54) is 6.92 Å². The zero-order valence-electron chi connectivity index (χ0n) is 14.4. The van der Waals surface area contributed by atoms with E-state index in [0.717, 1.165) is 20.8 Å². The molecule has 0 amide bonds. The topological polar surface area (TPSA) is 66.0 Å². The number of nitrogens with one attached hydrogen (secondary N) is 1. The Morgan fingerprint density at radius 2 is 2.08 bits per heavy atom. The van der Waals surface area contributed by atoms with Gasteiger partial charge in [-0.05, 0) is 43.7 Å². The second kappa shape index (κ2) is 7.98. The maximum Gasteiger partial charge on any atom is 0.158 e. The van der Waals surface area contributed by atoms with Crippen molar-refractivity contribution >= 4 is 33.5 Å². The zero-order valence-corrected chi connectivity index (χ0v) is 16.8. The smallest absolute Gasteiger partial charge is 0.158 e. The van der Waals surface area contributed by atoms with Crippen molar-refractivity contribution in [1.29, 1.82) is 5.26 Å². The molecule has 1 aromatic carbocycles. The van der Waals surface area contributed by atoms with Gasteiger partial charge in [0, 0.05) is 21.5 Å². The Balaban J connectivity index is 1.95. The van der Waals surface area contributed by atoms with Crippen LogP contribution in [0, 0.1) is 11.3 Å². The minimum Gasteiger partial charge on any atom is -0.468 e. The predicted molar refractivity (Wildman–Crippen MR) is 106 cm³/mol. The number of nitriles is 1. The first-order valence-corrected chi connectivity index (χ1v) is 9.82. The van der Waals surface area contributed by atoms with Crippen LogP contribution < -0.4 is 5.32 Å². The van der Waals surface area contributed by atoms with Crippen LogP contribution >= 0.6 is 27.7 Å². The highest BCUT2D eigenvalue weighted by Crippen LogP contribution is 2.41. The monoisotopic (exact) mass is 428 g/mol. The summed E-state index contributed by atoms with van der Waals surface area (Å²) in [5.74, 6) is 0.783. The molecule has 0 aliphatic carbocycles. The molecule has 0 bridgehead atoms. The van der Waals surface area contributed by atoms with Crippen LogP contribution in [0.15, 0.2) is 73.4 Å². The molecule has 0 saturated carbocycles. The number of allylic oxidation sites excluding steroid dienone is 3. The van der Waals surface area contributed by atoms with Gasteiger partial charge in [-0.15, -0.1) is 11.8 Å². The van der Waals surface area contributed by atoms with Gasteiger partial charge in [-0.1, -0.05) is 28.1 Å². The number of halogens is 1. The molecule has 0 radical (unpaired) electrons. The van der Waals surface area contributed by atoms with Crippen molar-refractivity contribution in [3.8, 4) is 6.07 Å². The third-order valence-electron chi connectivity index (χ3n) is 4.15. The number of Topliss-reactive ketones (excluding diaryl/α,β-unsaturated/α-hetero) is 1. The second-order valence-electron chi connectivity index (χ2n) is 5.94. The van der Waals surface area contributed by atoms with Crippen molar-refractivity contribution in [3.05, 3.63) is 80.3 Å². The molecule has 1 aromatic heterocycles. The van der Waals surface area contributed by atoms with E-state index < -0.39 is 5.92 Å². The fourth-order valence-corrected chi connectivity index (χ4v) is 4.28. The molecule has 1 atom stereocenters. The van der Waals surface area contributed by atoms with E-state index in [1.54, 1.807) is 30.2 Å². The molecule has 2 heterocycles. The lowest BCUT2D eigenvalue weighted by molar-refractivity contribution is -0.113. The highest BCUT2D eigenvalue weighted by atomic mass is 79.9. The normalized spacial score (nSPS) is 17.1. The van der Waals surface area contributed by atoms with Gasteiger partial charge in [0.15, 0.2) is 5.78 Å². The Morgan fingerprint density at radius 1 is 1.35 bits per heavy atom. The van der Waals surface area contributed by atoms with Gasteiger partial charge in [-0.2, -0.15) is 5.26 Å². The number of thioether (sulfide) groups is 1. The summed E-state index contributed by atoms with van der Waals surface area (Å²) in [6, 6.07) is 13.9. The minimum atomic E-state index is -0.471. The number of dihydropyridines is 1. The molecule has 0 fully saturated rings. The summed E-state index contributed by atoms with van der Waals surface area (Å²) < 4.78 is 6.57. The molecule has 1 aliphatic rings. The highest BCUT2D eigenvalue weighted by Gasteiger charge is 2.34. The molecule has 3 rings (SSSR count). The zero-order chi connectivity index (χ0) is 18.7. The molecule has 2 aromatic rings. The SMILES string of the molecule is CC(=O)C1=C(C)NC(SCc2ccc(Br)cc2)=C(C#N)C1c1ccco1. The van der Waals surface area contributed by atoms with Crippen molar-refractivity contribution < 1.29 is 9.21 Å². The lowest BCUT2D eigenvalue weighted by Gasteiger charge is -2.27. The molecule has 1 aliphatic heterocycles. The van der Waals surface area contributed by atoms with E-state index in [9.17, 15) is 10.1 Å². The lowest BCUT2D eigenvalue weighted by Crippen LogP contribution is -2.26. The summed E-state index contributed by atoms with van der Waals surface area (Å²) in [5.41, 5.74) is 3.00. The molecule has 1 N–H and O–H groups in total. The van der Waals surface area contributed by atoms with Crippen LogP contribution in [0.2, 0.25) is 0 Å². The summed E-state index contributed by atoms with van der Waals surface area (Å²) in [4.78, 5) is 12.2. The molecule has 4 nitrogen and oxygen atoms in total. The van der Waals surface area contributed by atoms with Crippen molar-refractivity contribution in [2.75, 3.05) is 0 Å². The first-order chi connectivity index (χ1) is 12.5. The van der Waals surface area contributed by atoms with Gasteiger partial charge in [0.05, 0.1) is 28.9 Å². The van der Waals surface area contributed by atoms with E-state index in [1.807, 2.05) is 31.2 Å². The maximum atomic E-state index is 12.2. The highest BCUT2D eigenvalue weighted by molar-refractivity contribution is 9.10. The predicted octanol–water partition coefficient (Wildman–Crippen LogP) is 5.26. The first-order valence-electron chi connectivity index (χ1n) is 8.05. The Morgan fingerprint density at radius 3 is 2.65 bits per heavy atom. The average molecular weight is 429 g/mol. The number of hydrogen-bond donors (Lipinski definition) is 1. The van der Waals surface area contributed by atoms with Gasteiger partial charge in [0.25, 0.3) is 0 Å². The van der Waals surface area contributed by atoms with Gasteiger partial charge >= 0.3 is 0 Å². The van der Waals surface area contributed by atoms with E-state index in [-0.39, 0.29) is 5.78 Å². The molecule has 0 saturated heterocycles. The summed E-state index contributed by atoms with van der Waals surface area (Å²) in [7, 11) is 0. The van der Waals surface area contributed by atoms with Crippen LogP contribution in [-0.4, -0.2) is 5.78 Å². The molecule has 132 valence electrons. The van der Waals surface area contributed by atoms with Crippen molar-refractivity contribution in [3.63, 3.8) is 0 Å². The number of carbonyl (C=O) groups is 1. The van der Waals surface area contributed by atoms with Crippen LogP contribution in [0.3, 0.4) is 0 Å². The van der Waals surface area contributed by atoms with Crippen LogP contribution in [0.25, 0.3) is 0 Å². The fourth-order valence-electron chi connectivity index (χ4n) is 2.97. The van der Waals surface area contributed by atoms with Crippen LogP contribution in [0.4, 0.5) is 0 Å². The Kier molecular flexibility index (Phi) is 5.70. The average Bonchev–Trinajstić information content (AvgIpc) is 3.14. The third kappa shape index (κ3) is 3.79. The van der Waals surface area contributed by atoms with Gasteiger partial charge < -0.3 is 9.73 Å². The molecule has 0 spiro atoms.